The van der Waals surface area contributed by atoms with E-state index in [2.05, 4.69) is 4.94 Å². The first-order valence-electron chi connectivity index (χ1n) is 4.49. The molecular formula is C10H6F4O4. The van der Waals surface area contributed by atoms with Crippen molar-refractivity contribution in [2.24, 2.45) is 0 Å². The number of carbonyl (C=O) groups excluding carboxylic acids is 1. The number of halogens is 4. The second kappa shape index (κ2) is 5.03. The van der Waals surface area contributed by atoms with E-state index in [4.69, 9.17) is 5.11 Å². The molecule has 0 bridgehead atoms. The van der Waals surface area contributed by atoms with Crippen LogP contribution in [0.15, 0.2) is 24.3 Å². The average molecular weight is 266 g/mol. The molecule has 1 aromatic carbocycles. The highest BCUT2D eigenvalue weighted by Crippen LogP contribution is 2.30. The number of carbonyl (C=O) groups is 2. The molecule has 4 nitrogen and oxygen atoms in total. The van der Waals surface area contributed by atoms with Crippen molar-refractivity contribution < 1.29 is 37.3 Å². The number of carboxylic acids is 1. The highest BCUT2D eigenvalue weighted by atomic mass is 19.3. The fourth-order valence-electron chi connectivity index (χ4n) is 1.17. The molecule has 0 spiro atoms. The third-order valence-electron chi connectivity index (χ3n) is 2.11. The normalized spacial score (nSPS) is 12.9. The summed E-state index contributed by atoms with van der Waals surface area (Å²) in [4.78, 5) is 23.2. The Hall–Kier alpha value is -2.12. The van der Waals surface area contributed by atoms with E-state index in [1.807, 2.05) is 0 Å². The van der Waals surface area contributed by atoms with Crippen LogP contribution >= 0.6 is 0 Å². The lowest BCUT2D eigenvalue weighted by atomic mass is 10.0. The molecule has 0 aromatic heterocycles. The Morgan fingerprint density at radius 2 is 1.72 bits per heavy atom. The van der Waals surface area contributed by atoms with Gasteiger partial charge in [0, 0.05) is 10.1 Å². The summed E-state index contributed by atoms with van der Waals surface area (Å²) in [5, 5.41) is 8.34. The van der Waals surface area contributed by atoms with Gasteiger partial charge in [0.2, 0.25) is 6.17 Å². The van der Waals surface area contributed by atoms with Crippen molar-refractivity contribution >= 4 is 11.9 Å². The molecule has 0 aliphatic rings. The molecule has 1 aromatic rings. The number of hydrogen-bond acceptors (Lipinski definition) is 3. The van der Waals surface area contributed by atoms with Crippen molar-refractivity contribution in [2.45, 2.75) is 12.1 Å². The summed E-state index contributed by atoms with van der Waals surface area (Å²) in [7, 11) is 0. The first-order chi connectivity index (χ1) is 8.30. The minimum atomic E-state index is -4.23. The van der Waals surface area contributed by atoms with Crippen LogP contribution in [0.4, 0.5) is 17.7 Å². The highest BCUT2D eigenvalue weighted by Gasteiger charge is 2.44. The molecule has 0 saturated heterocycles. The lowest BCUT2D eigenvalue weighted by molar-refractivity contribution is -0.213. The maximum atomic E-state index is 13.1. The van der Waals surface area contributed by atoms with Crippen molar-refractivity contribution in [2.75, 3.05) is 0 Å². The van der Waals surface area contributed by atoms with Gasteiger partial charge in [-0.25, -0.2) is 18.9 Å². The first kappa shape index (κ1) is 13.9. The standard InChI is InChI=1S/C10H6F4O4/c11-7(8(15)16)5-1-3-6(4-2-5)10(12,13)9(17)18-14/h1-4,7H,(H,15,16). The van der Waals surface area contributed by atoms with Gasteiger partial charge in [-0.15, -0.1) is 0 Å². The molecule has 8 heteroatoms. The molecule has 0 amide bonds. The quantitative estimate of drug-likeness (QED) is 0.849. The van der Waals surface area contributed by atoms with Crippen molar-refractivity contribution in [3.63, 3.8) is 0 Å². The molecule has 0 heterocycles. The largest absolute Gasteiger partial charge is 0.479 e. The van der Waals surface area contributed by atoms with E-state index in [9.17, 15) is 27.3 Å². The van der Waals surface area contributed by atoms with Gasteiger partial charge in [0.15, 0.2) is 0 Å². The van der Waals surface area contributed by atoms with Gasteiger partial charge in [0.25, 0.3) is 0 Å². The number of rotatable bonds is 4. The fourth-order valence-corrected chi connectivity index (χ4v) is 1.17. The third-order valence-corrected chi connectivity index (χ3v) is 2.11. The molecular weight excluding hydrogens is 260 g/mol. The lowest BCUT2D eigenvalue weighted by Gasteiger charge is -2.12. The summed E-state index contributed by atoms with van der Waals surface area (Å²) >= 11 is 0. The van der Waals surface area contributed by atoms with Crippen molar-refractivity contribution in [1.82, 2.24) is 0 Å². The monoisotopic (exact) mass is 266 g/mol. The zero-order valence-corrected chi connectivity index (χ0v) is 8.57. The molecule has 0 radical (unpaired) electrons. The maximum Gasteiger partial charge on any atom is 0.422 e. The summed E-state index contributed by atoms with van der Waals surface area (Å²) in [6.45, 7) is 0. The molecule has 1 rings (SSSR count). The molecule has 1 unspecified atom stereocenters. The highest BCUT2D eigenvalue weighted by molar-refractivity contribution is 5.79. The smallest absolute Gasteiger partial charge is 0.422 e. The fraction of sp³-hybridized carbons (Fsp3) is 0.200. The summed E-state index contributed by atoms with van der Waals surface area (Å²) in [6.07, 6.45) is -2.37. The van der Waals surface area contributed by atoms with E-state index < -0.39 is 29.6 Å². The topological polar surface area (TPSA) is 63.6 Å². The number of alkyl halides is 3. The Morgan fingerprint density at radius 3 is 2.11 bits per heavy atom. The summed E-state index contributed by atoms with van der Waals surface area (Å²) in [5.41, 5.74) is -1.32. The Kier molecular flexibility index (Phi) is 3.89. The van der Waals surface area contributed by atoms with Gasteiger partial charge in [-0.2, -0.15) is 8.78 Å². The van der Waals surface area contributed by atoms with Gasteiger partial charge in [0.1, 0.15) is 0 Å². The van der Waals surface area contributed by atoms with Gasteiger partial charge in [-0.3, -0.25) is 0 Å². The SMILES string of the molecule is O=C(O)C(F)c1ccc(C(F)(F)C(=O)OF)cc1. The minimum Gasteiger partial charge on any atom is -0.479 e. The molecule has 1 N–H and O–H groups in total. The lowest BCUT2D eigenvalue weighted by Crippen LogP contribution is -2.26. The van der Waals surface area contributed by atoms with Crippen LogP contribution in [0.3, 0.4) is 0 Å². The Bertz CT molecular complexity index is 457. The van der Waals surface area contributed by atoms with Gasteiger partial charge in [-0.1, -0.05) is 24.3 Å². The van der Waals surface area contributed by atoms with Crippen molar-refractivity contribution in [3.8, 4) is 0 Å². The first-order valence-corrected chi connectivity index (χ1v) is 4.49. The molecule has 0 aliphatic carbocycles. The third kappa shape index (κ3) is 2.58. The van der Waals surface area contributed by atoms with Gasteiger partial charge in [-0.05, 0) is 5.56 Å². The number of carboxylic acid groups (broad SMARTS) is 1. The van der Waals surface area contributed by atoms with E-state index in [1.165, 1.54) is 0 Å². The van der Waals surface area contributed by atoms with Crippen LogP contribution in [0.5, 0.6) is 0 Å². The van der Waals surface area contributed by atoms with Crippen molar-refractivity contribution in [3.05, 3.63) is 35.4 Å². The Balaban J connectivity index is 3.03. The Labute approximate surface area is 97.7 Å². The molecule has 18 heavy (non-hydrogen) atoms. The molecule has 1 atom stereocenters. The minimum absolute atomic E-state index is 0.379. The van der Waals surface area contributed by atoms with E-state index in [1.54, 1.807) is 0 Å². The van der Waals surface area contributed by atoms with Gasteiger partial charge >= 0.3 is 17.9 Å². The van der Waals surface area contributed by atoms with Crippen LogP contribution in [-0.4, -0.2) is 17.0 Å². The van der Waals surface area contributed by atoms with E-state index in [0.717, 1.165) is 12.1 Å². The zero-order valence-electron chi connectivity index (χ0n) is 8.57. The van der Waals surface area contributed by atoms with Gasteiger partial charge < -0.3 is 5.11 Å². The second-order valence-electron chi connectivity index (χ2n) is 3.26. The van der Waals surface area contributed by atoms with Crippen LogP contribution in [0.25, 0.3) is 0 Å². The molecule has 0 fully saturated rings. The van der Waals surface area contributed by atoms with Crippen LogP contribution in [0.2, 0.25) is 0 Å². The van der Waals surface area contributed by atoms with Crippen LogP contribution in [-0.2, 0) is 20.5 Å². The predicted molar refractivity (Wildman–Crippen MR) is 49.0 cm³/mol. The second-order valence-corrected chi connectivity index (χ2v) is 3.26. The predicted octanol–water partition coefficient (Wildman–Crippen LogP) is 2.30. The number of benzene rings is 1. The van der Waals surface area contributed by atoms with E-state index in [-0.39, 0.29) is 5.56 Å². The molecule has 0 aliphatic heterocycles. The maximum absolute atomic E-state index is 13.1. The van der Waals surface area contributed by atoms with E-state index in [0.29, 0.717) is 12.1 Å². The summed E-state index contributed by atoms with van der Waals surface area (Å²) in [6, 6.07) is 2.74. The van der Waals surface area contributed by atoms with Crippen LogP contribution in [0, 0.1) is 0 Å². The van der Waals surface area contributed by atoms with Crippen molar-refractivity contribution in [1.29, 1.82) is 0 Å². The molecule has 98 valence electrons. The average Bonchev–Trinajstić information content (AvgIpc) is 2.36. The van der Waals surface area contributed by atoms with Crippen LogP contribution in [0.1, 0.15) is 17.3 Å². The van der Waals surface area contributed by atoms with Crippen LogP contribution < -0.4 is 0 Å². The zero-order chi connectivity index (χ0) is 13.9. The number of aliphatic carboxylic acids is 1. The molecule has 0 saturated carbocycles. The van der Waals surface area contributed by atoms with Gasteiger partial charge in [0.05, 0.1) is 0 Å². The summed E-state index contributed by atoms with van der Waals surface area (Å²) < 4.78 is 50.6. The van der Waals surface area contributed by atoms with E-state index >= 15 is 0 Å². The Morgan fingerprint density at radius 1 is 1.22 bits per heavy atom. The summed E-state index contributed by atoms with van der Waals surface area (Å²) in [5.74, 6) is -8.43. The number of hydrogen-bond donors (Lipinski definition) is 1.